The molecule has 0 radical (unpaired) electrons. The minimum atomic E-state index is 0.798. The second-order valence-corrected chi connectivity index (χ2v) is 21.2. The number of nitrogens with one attached hydrogen (secondary N) is 4. The van der Waals surface area contributed by atoms with Crippen molar-refractivity contribution in [3.63, 3.8) is 0 Å². The molecule has 0 atom stereocenters. The van der Waals surface area contributed by atoms with E-state index in [9.17, 15) is 0 Å². The van der Waals surface area contributed by atoms with Crippen LogP contribution in [0.4, 0.5) is 0 Å². The number of H-pyrrole nitrogens is 4. The smallest absolute Gasteiger partial charge is 0.0695 e. The van der Waals surface area contributed by atoms with E-state index >= 15 is 0 Å². The van der Waals surface area contributed by atoms with E-state index in [2.05, 4.69) is 155 Å². The number of fused-ring (bicyclic) bond motifs is 12. The first-order valence-corrected chi connectivity index (χ1v) is 26.2. The van der Waals surface area contributed by atoms with Gasteiger partial charge in [-0.05, 0) is 200 Å². The molecule has 4 aromatic heterocycles. The molecule has 0 fully saturated rings. The largest absolute Gasteiger partial charge is 0.358 e. The Kier molecular flexibility index (Phi) is 12.8. The Morgan fingerprint density at radius 3 is 0.750 bits per heavy atom. The van der Waals surface area contributed by atoms with Crippen LogP contribution in [0.2, 0.25) is 0 Å². The van der Waals surface area contributed by atoms with Gasteiger partial charge in [-0.15, -0.1) is 0 Å². The second kappa shape index (κ2) is 18.4. The molecule has 5 aliphatic heterocycles. The van der Waals surface area contributed by atoms with Crippen molar-refractivity contribution >= 4 is 70.7 Å². The average Bonchev–Trinajstić information content (AvgIpc) is 4.16. The van der Waals surface area contributed by atoms with E-state index in [1.165, 1.54) is 109 Å². The van der Waals surface area contributed by atoms with Gasteiger partial charge in [-0.1, -0.05) is 51.2 Å². The Labute approximate surface area is 412 Å². The van der Waals surface area contributed by atoms with E-state index in [0.717, 1.165) is 107 Å². The molecule has 352 valence electrons. The fourth-order valence-electron chi connectivity index (χ4n) is 11.1. The second-order valence-electron chi connectivity index (χ2n) is 19.2. The van der Waals surface area contributed by atoms with Crippen LogP contribution in [-0.4, -0.2) is 42.8 Å². The standard InChI is InChI=1S/C58H68N8S2/c1-17-39-27(5)43-21-47-31(9)55(35(13)59-47)67-56-33(11)49(61-36(56)14)23-45-29(7)41(19-3)53(65-45)26-54-42(20-4)30(8)46(66-54)24-50-34(12)58(38(16)62-50)68-57-32(10)48(60-37(57)15)22-44-28(6)40(18-2)52(64-44)25-51(39)63-43/h21-24,63-66H,17-20,25-26H2,1-16H3/b47-21-,48-22+,49-23-,50-24+. The molecule has 4 aromatic rings. The van der Waals surface area contributed by atoms with Gasteiger partial charge in [0, 0.05) is 78.0 Å². The van der Waals surface area contributed by atoms with Crippen molar-refractivity contribution in [3.8, 4) is 0 Å². The molecule has 0 aliphatic carbocycles. The Morgan fingerprint density at radius 2 is 0.559 bits per heavy atom. The maximum absolute atomic E-state index is 5.19. The molecule has 5 aliphatic rings. The summed E-state index contributed by atoms with van der Waals surface area (Å²) in [5.41, 5.74) is 33.2. The summed E-state index contributed by atoms with van der Waals surface area (Å²) in [6, 6.07) is 0. The van der Waals surface area contributed by atoms with Gasteiger partial charge in [0.2, 0.25) is 0 Å². The van der Waals surface area contributed by atoms with Crippen LogP contribution in [0, 0.1) is 27.7 Å². The highest BCUT2D eigenvalue weighted by Crippen LogP contribution is 2.45. The number of aliphatic imine (C=N–C) groups is 4. The van der Waals surface area contributed by atoms with Gasteiger partial charge in [0.05, 0.1) is 45.6 Å². The first kappa shape index (κ1) is 47.5. The van der Waals surface area contributed by atoms with Crippen LogP contribution in [0.1, 0.15) is 173 Å². The SMILES string of the molecule is CCc1c2[nH]c(c1C)/C=C1\N=C(C)C(=C1C)SC1=C(C)/C(=C/c3[nH]c(c(CC)c3C)Cc3[nH]c(c(C)c3CC)/C=C3/N=C(C)C(=C3C)SC3=C(C)/C(=C\c4[nH]c(c(CC)c4C)C2)N=C3C)N=C1C. The molecule has 0 spiro atoms. The first-order chi connectivity index (χ1) is 32.5. The summed E-state index contributed by atoms with van der Waals surface area (Å²) in [6.07, 6.45) is 14.4. The monoisotopic (exact) mass is 941 g/mol. The van der Waals surface area contributed by atoms with Gasteiger partial charge >= 0.3 is 0 Å². The van der Waals surface area contributed by atoms with Crippen molar-refractivity contribution in [3.05, 3.63) is 155 Å². The Bertz CT molecular complexity index is 2830. The van der Waals surface area contributed by atoms with Gasteiger partial charge in [0.1, 0.15) is 0 Å². The molecule has 9 heterocycles. The Balaban J connectivity index is 1.18. The van der Waals surface area contributed by atoms with E-state index in [0.29, 0.717) is 0 Å². The topological polar surface area (TPSA) is 113 Å². The number of rotatable bonds is 4. The van der Waals surface area contributed by atoms with Crippen molar-refractivity contribution in [1.82, 2.24) is 19.9 Å². The fraction of sp³-hybridized carbons (Fsp3) is 0.379. The van der Waals surface area contributed by atoms with Crippen molar-refractivity contribution in [1.29, 1.82) is 0 Å². The summed E-state index contributed by atoms with van der Waals surface area (Å²) in [6.45, 7) is 35.5. The molecule has 16 bridgehead atoms. The average molecular weight is 941 g/mol. The third-order valence-corrected chi connectivity index (χ3v) is 18.3. The van der Waals surface area contributed by atoms with E-state index in [-0.39, 0.29) is 0 Å². The number of aromatic amines is 4. The number of thioether (sulfide) groups is 2. The van der Waals surface area contributed by atoms with Crippen molar-refractivity contribution in [2.75, 3.05) is 0 Å². The predicted octanol–water partition coefficient (Wildman–Crippen LogP) is 15.2. The zero-order valence-electron chi connectivity index (χ0n) is 43.2. The summed E-state index contributed by atoms with van der Waals surface area (Å²) in [7, 11) is 0. The minimum absolute atomic E-state index is 0.798. The minimum Gasteiger partial charge on any atom is -0.358 e. The van der Waals surface area contributed by atoms with Gasteiger partial charge in [-0.3, -0.25) is 20.0 Å². The quantitative estimate of drug-likeness (QED) is 0.163. The predicted molar refractivity (Wildman–Crippen MR) is 296 cm³/mol. The summed E-state index contributed by atoms with van der Waals surface area (Å²) < 4.78 is 0. The molecule has 0 aromatic carbocycles. The third kappa shape index (κ3) is 8.09. The van der Waals surface area contributed by atoms with Gasteiger partial charge in [-0.25, -0.2) is 0 Å². The molecule has 4 N–H and O–H groups in total. The number of nitrogens with zero attached hydrogens (tertiary/aromatic N) is 4. The van der Waals surface area contributed by atoms with E-state index in [4.69, 9.17) is 20.0 Å². The van der Waals surface area contributed by atoms with Crippen LogP contribution in [0.5, 0.6) is 0 Å². The zero-order chi connectivity index (χ0) is 48.6. The summed E-state index contributed by atoms with van der Waals surface area (Å²) in [5, 5.41) is 0. The lowest BCUT2D eigenvalue weighted by Gasteiger charge is -2.08. The molecule has 0 saturated carbocycles. The first-order valence-electron chi connectivity index (χ1n) is 24.6. The molecule has 0 unspecified atom stereocenters. The van der Waals surface area contributed by atoms with Crippen LogP contribution in [0.3, 0.4) is 0 Å². The van der Waals surface area contributed by atoms with Crippen LogP contribution >= 0.6 is 23.5 Å². The van der Waals surface area contributed by atoms with Crippen molar-refractivity contribution in [2.24, 2.45) is 20.0 Å². The summed E-state index contributed by atoms with van der Waals surface area (Å²) >= 11 is 3.62. The third-order valence-electron chi connectivity index (χ3n) is 15.0. The highest BCUT2D eigenvalue weighted by molar-refractivity contribution is 8.08. The molecule has 9 rings (SSSR count). The molecule has 0 saturated heterocycles. The van der Waals surface area contributed by atoms with Gasteiger partial charge in [0.15, 0.2) is 0 Å². The Morgan fingerprint density at radius 1 is 0.353 bits per heavy atom. The molecule has 68 heavy (non-hydrogen) atoms. The lowest BCUT2D eigenvalue weighted by molar-refractivity contribution is 0.965. The summed E-state index contributed by atoms with van der Waals surface area (Å²) in [5.74, 6) is 0. The lowest BCUT2D eigenvalue weighted by atomic mass is 10.0. The molecular formula is C58H68N8S2. The number of allylic oxidation sites excluding steroid dienone is 8. The van der Waals surface area contributed by atoms with Gasteiger partial charge in [-0.2, -0.15) is 0 Å². The van der Waals surface area contributed by atoms with Gasteiger partial charge in [0.25, 0.3) is 0 Å². The fourth-order valence-corrected chi connectivity index (χ4v) is 13.3. The molecule has 10 heteroatoms. The molecule has 0 amide bonds. The van der Waals surface area contributed by atoms with E-state index in [1.54, 1.807) is 0 Å². The number of hydrogen-bond acceptors (Lipinski definition) is 6. The van der Waals surface area contributed by atoms with Crippen LogP contribution in [-0.2, 0) is 38.5 Å². The van der Waals surface area contributed by atoms with Crippen LogP contribution in [0.15, 0.2) is 84.7 Å². The van der Waals surface area contributed by atoms with E-state index < -0.39 is 0 Å². The lowest BCUT2D eigenvalue weighted by Crippen LogP contribution is -1.97. The molecular weight excluding hydrogens is 873 g/mol. The zero-order valence-corrected chi connectivity index (χ0v) is 44.8. The normalized spacial score (nSPS) is 20.9. The van der Waals surface area contributed by atoms with Crippen LogP contribution in [0.25, 0.3) is 24.3 Å². The highest BCUT2D eigenvalue weighted by Gasteiger charge is 2.29. The number of aromatic nitrogens is 4. The van der Waals surface area contributed by atoms with Gasteiger partial charge < -0.3 is 19.9 Å². The van der Waals surface area contributed by atoms with Crippen molar-refractivity contribution < 1.29 is 0 Å². The molecule has 8 nitrogen and oxygen atoms in total. The highest BCUT2D eigenvalue weighted by atomic mass is 32.2. The van der Waals surface area contributed by atoms with Crippen molar-refractivity contribution in [2.45, 2.75) is 149 Å². The van der Waals surface area contributed by atoms with Crippen LogP contribution < -0.4 is 0 Å². The number of hydrogen-bond donors (Lipinski definition) is 4. The maximum atomic E-state index is 5.19. The Hall–Kier alpha value is -5.58. The summed E-state index contributed by atoms with van der Waals surface area (Å²) in [4.78, 5) is 41.2. The van der Waals surface area contributed by atoms with E-state index in [1.807, 2.05) is 23.5 Å². The maximum Gasteiger partial charge on any atom is 0.0695 e.